The van der Waals surface area contributed by atoms with Crippen LogP contribution in [0.3, 0.4) is 0 Å². The summed E-state index contributed by atoms with van der Waals surface area (Å²) in [6, 6.07) is 8.98. The van der Waals surface area contributed by atoms with Crippen LogP contribution in [-0.2, 0) is 4.79 Å². The molecule has 8 nitrogen and oxygen atoms in total. The van der Waals surface area contributed by atoms with Crippen molar-refractivity contribution in [3.8, 4) is 0 Å². The van der Waals surface area contributed by atoms with E-state index in [1.807, 2.05) is 54.6 Å². The number of hydrogen-bond acceptors (Lipinski definition) is 5. The predicted molar refractivity (Wildman–Crippen MR) is 139 cm³/mol. The quantitative estimate of drug-likeness (QED) is 0.499. The summed E-state index contributed by atoms with van der Waals surface area (Å²) in [4.78, 5) is 37.0. The summed E-state index contributed by atoms with van der Waals surface area (Å²) in [5.74, 6) is 0.147. The Morgan fingerprint density at radius 1 is 1.17 bits per heavy atom. The molecule has 1 aliphatic heterocycles. The number of likely N-dealkylation sites (tertiary alicyclic amines) is 1. The number of halogens is 1. The summed E-state index contributed by atoms with van der Waals surface area (Å²) in [6.07, 6.45) is 6.16. The minimum Gasteiger partial charge on any atom is -0.337 e. The number of nitrogens with zero attached hydrogens (tertiary/aromatic N) is 4. The molecular weight excluding hydrogens is 464 g/mol. The largest absolute Gasteiger partial charge is 0.337 e. The number of likely N-dealkylation sites (N-methyl/N-ethyl adjacent to an activating group) is 1. The third-order valence-corrected chi connectivity index (χ3v) is 6.44. The molecule has 9 heteroatoms. The zero-order chi connectivity index (χ0) is 24.9. The molecule has 35 heavy (non-hydrogen) atoms. The molecule has 2 N–H and O–H groups in total. The highest BCUT2D eigenvalue weighted by atomic mass is 35.5. The number of carbonyl (C=O) groups is 2. The van der Waals surface area contributed by atoms with Gasteiger partial charge in [0.1, 0.15) is 0 Å². The Labute approximate surface area is 210 Å². The van der Waals surface area contributed by atoms with Crippen molar-refractivity contribution >= 4 is 40.4 Å². The van der Waals surface area contributed by atoms with Gasteiger partial charge in [-0.2, -0.15) is 0 Å². The fourth-order valence-electron chi connectivity index (χ4n) is 4.60. The van der Waals surface area contributed by atoms with Crippen LogP contribution < -0.4 is 10.6 Å². The van der Waals surface area contributed by atoms with Crippen molar-refractivity contribution in [3.05, 3.63) is 64.5 Å². The molecule has 2 amide bonds. The minimum absolute atomic E-state index is 0.0176. The number of aromatic nitrogens is 3. The van der Waals surface area contributed by atoms with Crippen LogP contribution >= 0.6 is 11.6 Å². The number of amides is 2. The molecule has 0 radical (unpaired) electrons. The molecule has 1 atom stereocenters. The Hall–Kier alpha value is -3.23. The number of anilines is 1. The van der Waals surface area contributed by atoms with Crippen molar-refractivity contribution in [2.24, 2.45) is 0 Å². The van der Waals surface area contributed by atoms with Gasteiger partial charge in [0.05, 0.1) is 22.1 Å². The second-order valence-corrected chi connectivity index (χ2v) is 9.31. The molecule has 0 saturated carbocycles. The number of imidazole rings is 1. The summed E-state index contributed by atoms with van der Waals surface area (Å²) >= 11 is 6.63. The predicted octanol–water partition coefficient (Wildman–Crippen LogP) is 4.28. The van der Waals surface area contributed by atoms with E-state index in [0.717, 1.165) is 36.2 Å². The smallest absolute Gasteiger partial charge is 0.258 e. The molecule has 1 aromatic carbocycles. The van der Waals surface area contributed by atoms with Gasteiger partial charge in [-0.05, 0) is 64.4 Å². The van der Waals surface area contributed by atoms with E-state index in [1.54, 1.807) is 18.2 Å². The normalized spacial score (nSPS) is 16.6. The first-order chi connectivity index (χ1) is 16.9. The summed E-state index contributed by atoms with van der Waals surface area (Å²) in [6.45, 7) is 5.56. The molecule has 0 aliphatic carbocycles. The maximum absolute atomic E-state index is 13.2. The van der Waals surface area contributed by atoms with Gasteiger partial charge in [0.25, 0.3) is 5.91 Å². The zero-order valence-electron chi connectivity index (χ0n) is 20.3. The number of pyridine rings is 1. The van der Waals surface area contributed by atoms with E-state index in [-0.39, 0.29) is 17.9 Å². The first kappa shape index (κ1) is 24.9. The van der Waals surface area contributed by atoms with Gasteiger partial charge in [-0.1, -0.05) is 23.7 Å². The third-order valence-electron chi connectivity index (χ3n) is 6.14. The maximum Gasteiger partial charge on any atom is 0.258 e. The number of fused-ring (bicyclic) bond motifs is 1. The molecule has 3 aromatic rings. The lowest BCUT2D eigenvalue weighted by molar-refractivity contribution is -0.126. The van der Waals surface area contributed by atoms with Gasteiger partial charge in [-0.25, -0.2) is 4.98 Å². The number of hydrogen-bond donors (Lipinski definition) is 2. The van der Waals surface area contributed by atoms with Gasteiger partial charge >= 0.3 is 0 Å². The molecular formula is C26H31ClN6O2. The van der Waals surface area contributed by atoms with Gasteiger partial charge in [0.15, 0.2) is 0 Å². The van der Waals surface area contributed by atoms with Crippen molar-refractivity contribution in [2.75, 3.05) is 32.0 Å². The minimum atomic E-state index is -0.261. The molecule has 3 heterocycles. The van der Waals surface area contributed by atoms with E-state index in [1.165, 1.54) is 0 Å². The van der Waals surface area contributed by atoms with Crippen LogP contribution in [-0.4, -0.2) is 57.9 Å². The van der Waals surface area contributed by atoms with Crippen LogP contribution in [0.5, 0.6) is 0 Å². The van der Waals surface area contributed by atoms with Crippen molar-refractivity contribution < 1.29 is 9.59 Å². The third kappa shape index (κ3) is 5.71. The average molecular weight is 495 g/mol. The van der Waals surface area contributed by atoms with Gasteiger partial charge in [-0.15, -0.1) is 0 Å². The number of benzene rings is 1. The average Bonchev–Trinajstić information content (AvgIpc) is 3.01. The van der Waals surface area contributed by atoms with Gasteiger partial charge in [-0.3, -0.25) is 19.9 Å². The molecule has 0 unspecified atom stereocenters. The van der Waals surface area contributed by atoms with E-state index in [9.17, 15) is 9.59 Å². The highest BCUT2D eigenvalue weighted by molar-refractivity contribution is 6.35. The van der Waals surface area contributed by atoms with Crippen LogP contribution in [0.25, 0.3) is 11.0 Å². The Kier molecular flexibility index (Phi) is 7.83. The van der Waals surface area contributed by atoms with Crippen LogP contribution in [0.1, 0.15) is 47.1 Å². The first-order valence-electron chi connectivity index (χ1n) is 11.9. The summed E-state index contributed by atoms with van der Waals surface area (Å²) in [7, 11) is 1.84. The van der Waals surface area contributed by atoms with Gasteiger partial charge in [0, 0.05) is 42.7 Å². The van der Waals surface area contributed by atoms with E-state index < -0.39 is 0 Å². The highest BCUT2D eigenvalue weighted by Gasteiger charge is 2.27. The monoisotopic (exact) mass is 494 g/mol. The second-order valence-electron chi connectivity index (χ2n) is 8.90. The SMILES string of the molecule is CNCC=CC(=O)N1CCCC[C@@H](n2c(NC(=O)c3cc(C)nc(C)c3)nc3cccc(Cl)c32)C1. The molecule has 1 aliphatic rings. The number of nitrogens with one attached hydrogen (secondary N) is 2. The Morgan fingerprint density at radius 2 is 1.94 bits per heavy atom. The fraction of sp³-hybridized carbons (Fsp3) is 0.385. The number of para-hydroxylation sites is 1. The van der Waals surface area contributed by atoms with Crippen molar-refractivity contribution in [3.63, 3.8) is 0 Å². The van der Waals surface area contributed by atoms with E-state index in [4.69, 9.17) is 16.6 Å². The highest BCUT2D eigenvalue weighted by Crippen LogP contribution is 2.34. The Bertz CT molecular complexity index is 1250. The van der Waals surface area contributed by atoms with E-state index in [2.05, 4.69) is 15.6 Å². The molecule has 2 aromatic heterocycles. The lowest BCUT2D eigenvalue weighted by Crippen LogP contribution is -2.34. The molecule has 0 bridgehead atoms. The van der Waals surface area contributed by atoms with Crippen molar-refractivity contribution in [1.29, 1.82) is 0 Å². The fourth-order valence-corrected chi connectivity index (χ4v) is 4.86. The zero-order valence-corrected chi connectivity index (χ0v) is 21.1. The second kappa shape index (κ2) is 11.0. The molecule has 184 valence electrons. The number of aryl methyl sites for hydroxylation is 2. The topological polar surface area (TPSA) is 92.2 Å². The molecule has 1 fully saturated rings. The Morgan fingerprint density at radius 3 is 2.69 bits per heavy atom. The van der Waals surface area contributed by atoms with Crippen molar-refractivity contribution in [2.45, 2.75) is 39.2 Å². The maximum atomic E-state index is 13.2. The van der Waals surface area contributed by atoms with Gasteiger partial charge in [0.2, 0.25) is 11.9 Å². The summed E-state index contributed by atoms with van der Waals surface area (Å²) in [5, 5.41) is 6.57. The summed E-state index contributed by atoms with van der Waals surface area (Å²) < 4.78 is 2.00. The van der Waals surface area contributed by atoms with Crippen LogP contribution in [0.4, 0.5) is 5.95 Å². The van der Waals surface area contributed by atoms with Crippen LogP contribution in [0, 0.1) is 13.8 Å². The van der Waals surface area contributed by atoms with Crippen LogP contribution in [0.2, 0.25) is 5.02 Å². The van der Waals surface area contributed by atoms with E-state index in [0.29, 0.717) is 41.7 Å². The van der Waals surface area contributed by atoms with E-state index >= 15 is 0 Å². The van der Waals surface area contributed by atoms with Gasteiger partial charge < -0.3 is 14.8 Å². The lowest BCUT2D eigenvalue weighted by Gasteiger charge is -2.26. The number of rotatable bonds is 6. The van der Waals surface area contributed by atoms with Crippen molar-refractivity contribution in [1.82, 2.24) is 24.8 Å². The molecule has 0 spiro atoms. The standard InChI is InChI=1S/C26H31ClN6O2/c1-17-14-19(15-18(2)29-17)25(35)31-26-30-22-10-6-9-21(27)24(22)33(26)20-8-4-5-13-32(16-20)23(34)11-7-12-28-3/h6-7,9-11,14-15,20,28H,4-5,8,12-13,16H2,1-3H3,(H,30,31,35)/t20-/m1/s1. The first-order valence-corrected chi connectivity index (χ1v) is 12.3. The van der Waals surface area contributed by atoms with Crippen LogP contribution in [0.15, 0.2) is 42.5 Å². The lowest BCUT2D eigenvalue weighted by atomic mass is 10.1. The molecule has 1 saturated heterocycles. The number of carbonyl (C=O) groups excluding carboxylic acids is 2. The summed E-state index contributed by atoms with van der Waals surface area (Å²) in [5.41, 5.74) is 3.53. The Balaban J connectivity index is 1.71. The molecule has 4 rings (SSSR count).